The molecule has 77 heavy (non-hydrogen) atoms. The molecule has 0 heterocycles. The predicted molar refractivity (Wildman–Crippen MR) is 299 cm³/mol. The molecule has 0 radical (unpaired) electrons. The summed E-state index contributed by atoms with van der Waals surface area (Å²) in [4.78, 5) is 9.83. The van der Waals surface area contributed by atoms with Crippen molar-refractivity contribution in [3.63, 3.8) is 0 Å². The van der Waals surface area contributed by atoms with Crippen LogP contribution in [0.2, 0.25) is 0 Å². The number of unbranched alkanes of at least 4 members (excludes halogenated alkanes) is 18. The molecule has 20 nitrogen and oxygen atoms in total. The fraction of sp³-hybridized carbons (Fsp3) is 1.00. The molecule has 0 saturated heterocycles. The molecule has 0 amide bonds. The van der Waals surface area contributed by atoms with E-state index in [0.717, 1.165) is 26.1 Å². The quantitative estimate of drug-likeness (QED) is 0.0445. The van der Waals surface area contributed by atoms with E-state index in [1.165, 1.54) is 116 Å². The zero-order valence-electron chi connectivity index (χ0n) is 48.8. The number of ether oxygens (including phenoxy) is 16. The van der Waals surface area contributed by atoms with E-state index >= 15 is 0 Å². The SMILES string of the molecule is CCCCCCCCCCCCOCCOCCOCCOCCOCCOCCOCCOCCOP(=O)(O)OCCOCCOCCOCCOCCOCCOCCOCCOCCCCCCCCCCCC. The minimum absolute atomic E-state index is 0.108. The van der Waals surface area contributed by atoms with E-state index in [0.29, 0.717) is 185 Å². The summed E-state index contributed by atoms with van der Waals surface area (Å²) in [7, 11) is -4.22. The third kappa shape index (κ3) is 71.5. The summed E-state index contributed by atoms with van der Waals surface area (Å²) in [6.45, 7) is 19.5. The lowest BCUT2D eigenvalue weighted by Crippen LogP contribution is -2.15. The number of phosphoric ester groups is 1. The maximum absolute atomic E-state index is 12.0. The molecule has 0 spiro atoms. The fourth-order valence-electron chi connectivity index (χ4n) is 7.13. The van der Waals surface area contributed by atoms with Gasteiger partial charge in [-0.25, -0.2) is 4.57 Å². The van der Waals surface area contributed by atoms with Crippen molar-refractivity contribution in [2.75, 3.05) is 225 Å². The van der Waals surface area contributed by atoms with Crippen LogP contribution in [0, 0.1) is 0 Å². The Labute approximate surface area is 467 Å². The van der Waals surface area contributed by atoms with Crippen LogP contribution in [-0.4, -0.2) is 230 Å². The van der Waals surface area contributed by atoms with Crippen LogP contribution in [0.25, 0.3) is 0 Å². The first kappa shape index (κ1) is 76.5. The van der Waals surface area contributed by atoms with Crippen molar-refractivity contribution >= 4 is 7.82 Å². The lowest BCUT2D eigenvalue weighted by atomic mass is 10.1. The van der Waals surface area contributed by atoms with E-state index in [9.17, 15) is 9.46 Å². The van der Waals surface area contributed by atoms with E-state index in [4.69, 9.17) is 84.8 Å². The van der Waals surface area contributed by atoms with E-state index < -0.39 is 7.82 Å². The minimum atomic E-state index is -4.22. The molecular formula is C56H115O20P. The van der Waals surface area contributed by atoms with Gasteiger partial charge < -0.3 is 80.7 Å². The molecule has 0 rings (SSSR count). The van der Waals surface area contributed by atoms with Gasteiger partial charge in [0.05, 0.1) is 211 Å². The summed E-state index contributed by atoms with van der Waals surface area (Å²) in [5.41, 5.74) is 0. The Hall–Kier alpha value is -0.530. The van der Waals surface area contributed by atoms with Crippen LogP contribution in [0.4, 0.5) is 0 Å². The molecule has 0 unspecified atom stereocenters. The highest BCUT2D eigenvalue weighted by molar-refractivity contribution is 7.47. The van der Waals surface area contributed by atoms with Gasteiger partial charge in [-0.15, -0.1) is 0 Å². The topological polar surface area (TPSA) is 203 Å². The zero-order valence-corrected chi connectivity index (χ0v) is 49.7. The van der Waals surface area contributed by atoms with Gasteiger partial charge in [0.25, 0.3) is 0 Å². The molecule has 1 N–H and O–H groups in total. The molecule has 0 saturated carbocycles. The Morgan fingerprint density at radius 3 is 0.494 bits per heavy atom. The Bertz CT molecular complexity index is 1030. The molecule has 0 aromatic carbocycles. The second-order valence-corrected chi connectivity index (χ2v) is 19.8. The summed E-state index contributed by atoms with van der Waals surface area (Å²) >= 11 is 0. The Morgan fingerprint density at radius 2 is 0.325 bits per heavy atom. The Balaban J connectivity index is 3.21. The van der Waals surface area contributed by atoms with E-state index in [1.54, 1.807) is 0 Å². The summed E-state index contributed by atoms with van der Waals surface area (Å²) in [5, 5.41) is 0. The van der Waals surface area contributed by atoms with Crippen molar-refractivity contribution in [2.24, 2.45) is 0 Å². The number of hydrogen-bond donors (Lipinski definition) is 1. The van der Waals surface area contributed by atoms with E-state index in [-0.39, 0.29) is 26.4 Å². The molecule has 0 aromatic heterocycles. The Morgan fingerprint density at radius 1 is 0.195 bits per heavy atom. The second-order valence-electron chi connectivity index (χ2n) is 18.3. The highest BCUT2D eigenvalue weighted by Crippen LogP contribution is 2.42. The normalized spacial score (nSPS) is 12.0. The maximum atomic E-state index is 12.0. The first-order valence-electron chi connectivity index (χ1n) is 30.0. The minimum Gasteiger partial charge on any atom is -0.379 e. The Kier molecular flexibility index (Phi) is 69.3. The number of hydrogen-bond acceptors (Lipinski definition) is 19. The molecular weight excluding hydrogens is 1020 g/mol. The molecule has 0 fully saturated rings. The van der Waals surface area contributed by atoms with Crippen LogP contribution in [0.3, 0.4) is 0 Å². The van der Waals surface area contributed by atoms with Crippen molar-refractivity contribution in [1.82, 2.24) is 0 Å². The van der Waals surface area contributed by atoms with Gasteiger partial charge in [-0.05, 0) is 12.8 Å². The van der Waals surface area contributed by atoms with Gasteiger partial charge >= 0.3 is 7.82 Å². The summed E-state index contributed by atoms with van der Waals surface area (Å²) in [6, 6.07) is 0. The molecule has 0 aliphatic carbocycles. The monoisotopic (exact) mass is 1140 g/mol. The average Bonchev–Trinajstić information content (AvgIpc) is 3.43. The van der Waals surface area contributed by atoms with Crippen molar-refractivity contribution in [2.45, 2.75) is 142 Å². The zero-order chi connectivity index (χ0) is 55.4. The largest absolute Gasteiger partial charge is 0.472 e. The molecule has 0 aliphatic rings. The second kappa shape index (κ2) is 69.7. The van der Waals surface area contributed by atoms with E-state index in [1.807, 2.05) is 0 Å². The number of rotatable bonds is 72. The van der Waals surface area contributed by atoms with Crippen LogP contribution >= 0.6 is 7.82 Å². The molecule has 0 aromatic rings. The van der Waals surface area contributed by atoms with Gasteiger partial charge in [0.15, 0.2) is 0 Å². The van der Waals surface area contributed by atoms with E-state index in [2.05, 4.69) is 13.8 Å². The lowest BCUT2D eigenvalue weighted by molar-refractivity contribution is -0.0245. The van der Waals surface area contributed by atoms with Gasteiger partial charge in [-0.1, -0.05) is 129 Å². The van der Waals surface area contributed by atoms with Gasteiger partial charge in [0.1, 0.15) is 0 Å². The maximum Gasteiger partial charge on any atom is 0.472 e. The number of phosphoric acid groups is 1. The predicted octanol–water partition coefficient (Wildman–Crippen LogP) is 9.23. The standard InChI is InChI=1S/C56H115O20P/c1-3-5-7-9-11-13-15-17-19-21-23-59-25-27-61-29-31-63-33-35-65-37-39-67-41-43-69-45-47-71-49-51-73-53-55-75-77(57,58)76-56-54-74-52-50-72-48-46-70-44-42-68-40-38-66-36-34-64-32-30-62-28-26-60-24-22-20-18-16-14-12-10-8-6-4-2/h3-56H2,1-2H3,(H,57,58). The first-order chi connectivity index (χ1) is 38.1. The molecule has 464 valence electrons. The lowest BCUT2D eigenvalue weighted by Gasteiger charge is -2.12. The van der Waals surface area contributed by atoms with Crippen molar-refractivity contribution in [3.05, 3.63) is 0 Å². The van der Waals surface area contributed by atoms with Crippen molar-refractivity contribution < 1.29 is 94.3 Å². The van der Waals surface area contributed by atoms with Crippen LogP contribution in [0.1, 0.15) is 142 Å². The average molecular weight is 1140 g/mol. The van der Waals surface area contributed by atoms with Crippen molar-refractivity contribution in [1.29, 1.82) is 0 Å². The summed E-state index contributed by atoms with van der Waals surface area (Å²) in [5.74, 6) is 0. The molecule has 0 atom stereocenters. The van der Waals surface area contributed by atoms with Crippen molar-refractivity contribution in [3.8, 4) is 0 Å². The van der Waals surface area contributed by atoms with Crippen LogP contribution in [0.5, 0.6) is 0 Å². The van der Waals surface area contributed by atoms with Gasteiger partial charge in [0, 0.05) is 13.2 Å². The third-order valence-electron chi connectivity index (χ3n) is 11.5. The highest BCUT2D eigenvalue weighted by atomic mass is 31.2. The highest BCUT2D eigenvalue weighted by Gasteiger charge is 2.20. The first-order valence-corrected chi connectivity index (χ1v) is 31.5. The van der Waals surface area contributed by atoms with Gasteiger partial charge in [0.2, 0.25) is 0 Å². The van der Waals surface area contributed by atoms with Crippen LogP contribution in [-0.2, 0) is 89.4 Å². The fourth-order valence-corrected chi connectivity index (χ4v) is 7.81. The smallest absolute Gasteiger partial charge is 0.379 e. The molecule has 21 heteroatoms. The third-order valence-corrected chi connectivity index (χ3v) is 12.5. The summed E-state index contributed by atoms with van der Waals surface area (Å²) in [6.07, 6.45) is 26.6. The van der Waals surface area contributed by atoms with Crippen LogP contribution < -0.4 is 0 Å². The van der Waals surface area contributed by atoms with Crippen LogP contribution in [0.15, 0.2) is 0 Å². The van der Waals surface area contributed by atoms with Gasteiger partial charge in [-0.2, -0.15) is 0 Å². The molecule has 0 bridgehead atoms. The van der Waals surface area contributed by atoms with Gasteiger partial charge in [-0.3, -0.25) is 9.05 Å². The molecule has 0 aliphatic heterocycles. The summed E-state index contributed by atoms with van der Waals surface area (Å²) < 4.78 is 110.